The molecule has 4 heteroatoms. The summed E-state index contributed by atoms with van der Waals surface area (Å²) in [5.41, 5.74) is 1.10. The van der Waals surface area contributed by atoms with Gasteiger partial charge in [0.05, 0.1) is 0 Å². The lowest BCUT2D eigenvalue weighted by Crippen LogP contribution is -2.39. The number of nitrogens with zero attached hydrogens (tertiary/aromatic N) is 1. The summed E-state index contributed by atoms with van der Waals surface area (Å²) in [4.78, 5) is 15.2. The fourth-order valence-electron chi connectivity index (χ4n) is 2.18. The minimum absolute atomic E-state index is 0.0456. The van der Waals surface area contributed by atoms with Gasteiger partial charge in [-0.3, -0.25) is 4.79 Å². The molecule has 0 aromatic heterocycles. The first kappa shape index (κ1) is 17.8. The predicted octanol–water partition coefficient (Wildman–Crippen LogP) is 3.13. The van der Waals surface area contributed by atoms with Gasteiger partial charge >= 0.3 is 0 Å². The molecule has 1 aromatic carbocycles. The molecule has 0 heterocycles. The Labute approximate surface area is 132 Å². The Kier molecular flexibility index (Phi) is 6.99. The second kappa shape index (κ2) is 8.25. The van der Waals surface area contributed by atoms with Gasteiger partial charge in [-0.25, -0.2) is 0 Å². The first-order valence-corrected chi connectivity index (χ1v) is 8.29. The third-order valence-corrected chi connectivity index (χ3v) is 3.77. The summed E-state index contributed by atoms with van der Waals surface area (Å²) in [7, 11) is 4.09. The molecule has 3 nitrogen and oxygen atoms in total. The van der Waals surface area contributed by atoms with Crippen molar-refractivity contribution in [2.24, 2.45) is 5.41 Å². The van der Waals surface area contributed by atoms with Crippen LogP contribution in [-0.2, 0) is 4.79 Å². The van der Waals surface area contributed by atoms with Crippen LogP contribution in [0.3, 0.4) is 0 Å². The van der Waals surface area contributed by atoms with Crippen LogP contribution in [0.4, 0.5) is 0 Å². The summed E-state index contributed by atoms with van der Waals surface area (Å²) in [5, 5.41) is 2.96. The van der Waals surface area contributed by atoms with E-state index in [4.69, 9.17) is 0 Å². The van der Waals surface area contributed by atoms with E-state index >= 15 is 0 Å². The van der Waals surface area contributed by atoms with Crippen LogP contribution in [0.2, 0.25) is 0 Å². The van der Waals surface area contributed by atoms with E-state index in [1.807, 2.05) is 38.6 Å². The Morgan fingerprint density at radius 1 is 1.29 bits per heavy atom. The highest BCUT2D eigenvalue weighted by Gasteiger charge is 2.19. The van der Waals surface area contributed by atoms with Gasteiger partial charge < -0.3 is 10.2 Å². The number of hydrogen-bond donors (Lipinski definition) is 1. The molecule has 0 bridgehead atoms. The van der Waals surface area contributed by atoms with Crippen molar-refractivity contribution in [1.82, 2.24) is 10.2 Å². The van der Waals surface area contributed by atoms with Gasteiger partial charge in [0.1, 0.15) is 0 Å². The van der Waals surface area contributed by atoms with Crippen LogP contribution in [-0.4, -0.2) is 44.2 Å². The SMILES string of the molecule is CSc1ccc(C=CC(=O)NCC(C)(C)CN(C)C)cc1. The lowest BCUT2D eigenvalue weighted by Gasteiger charge is -2.28. The number of rotatable bonds is 7. The molecule has 0 radical (unpaired) electrons. The molecule has 1 amide bonds. The van der Waals surface area contributed by atoms with E-state index in [2.05, 4.69) is 36.2 Å². The summed E-state index contributed by atoms with van der Waals surface area (Å²) >= 11 is 1.71. The van der Waals surface area contributed by atoms with Crippen molar-refractivity contribution < 1.29 is 4.79 Å². The Morgan fingerprint density at radius 2 is 1.90 bits per heavy atom. The van der Waals surface area contributed by atoms with E-state index in [1.54, 1.807) is 17.8 Å². The quantitative estimate of drug-likeness (QED) is 0.620. The number of carbonyl (C=O) groups is 1. The number of benzene rings is 1. The molecule has 21 heavy (non-hydrogen) atoms. The number of hydrogen-bond acceptors (Lipinski definition) is 3. The normalized spacial score (nSPS) is 12.1. The van der Waals surface area contributed by atoms with E-state index in [0.29, 0.717) is 6.54 Å². The van der Waals surface area contributed by atoms with Gasteiger partial charge in [0.15, 0.2) is 0 Å². The van der Waals surface area contributed by atoms with E-state index in [1.165, 1.54) is 4.90 Å². The fourth-order valence-corrected chi connectivity index (χ4v) is 2.59. The molecule has 0 fully saturated rings. The molecule has 0 unspecified atom stereocenters. The highest BCUT2D eigenvalue weighted by atomic mass is 32.2. The molecular weight excluding hydrogens is 280 g/mol. The van der Waals surface area contributed by atoms with Gasteiger partial charge in [-0.1, -0.05) is 26.0 Å². The standard InChI is InChI=1S/C17H26N2OS/c1-17(2,13-19(3)4)12-18-16(20)11-8-14-6-9-15(21-5)10-7-14/h6-11H,12-13H2,1-5H3,(H,18,20). The summed E-state index contributed by atoms with van der Waals surface area (Å²) in [6.07, 6.45) is 5.49. The molecule has 0 saturated carbocycles. The summed E-state index contributed by atoms with van der Waals surface area (Å²) in [5.74, 6) is -0.0456. The Bertz CT molecular complexity index is 478. The van der Waals surface area contributed by atoms with Crippen molar-refractivity contribution in [2.45, 2.75) is 18.7 Å². The molecule has 1 N–H and O–H groups in total. The van der Waals surface area contributed by atoms with Crippen LogP contribution in [0.25, 0.3) is 6.08 Å². The van der Waals surface area contributed by atoms with Crippen LogP contribution in [0.15, 0.2) is 35.2 Å². The van der Waals surface area contributed by atoms with Crippen molar-refractivity contribution in [2.75, 3.05) is 33.4 Å². The second-order valence-electron chi connectivity index (χ2n) is 6.23. The van der Waals surface area contributed by atoms with Gasteiger partial charge in [-0.05, 0) is 49.5 Å². The molecule has 0 spiro atoms. The van der Waals surface area contributed by atoms with E-state index in [0.717, 1.165) is 12.1 Å². The first-order valence-electron chi connectivity index (χ1n) is 7.07. The van der Waals surface area contributed by atoms with Crippen LogP contribution >= 0.6 is 11.8 Å². The molecule has 0 aliphatic rings. The summed E-state index contributed by atoms with van der Waals surface area (Å²) in [6.45, 7) is 5.91. The van der Waals surface area contributed by atoms with Gasteiger partial charge in [0, 0.05) is 24.1 Å². The highest BCUT2D eigenvalue weighted by Crippen LogP contribution is 2.16. The molecule has 0 saturated heterocycles. The molecule has 0 aliphatic carbocycles. The zero-order valence-corrected chi connectivity index (χ0v) is 14.5. The highest BCUT2D eigenvalue weighted by molar-refractivity contribution is 7.98. The number of carbonyl (C=O) groups excluding carboxylic acids is 1. The second-order valence-corrected chi connectivity index (χ2v) is 7.11. The molecule has 1 aromatic rings. The lowest BCUT2D eigenvalue weighted by molar-refractivity contribution is -0.116. The summed E-state index contributed by atoms with van der Waals surface area (Å²) < 4.78 is 0. The van der Waals surface area contributed by atoms with Gasteiger partial charge in [-0.15, -0.1) is 11.8 Å². The average Bonchev–Trinajstić information content (AvgIpc) is 2.42. The maximum absolute atomic E-state index is 11.9. The smallest absolute Gasteiger partial charge is 0.244 e. The third-order valence-electron chi connectivity index (χ3n) is 3.03. The maximum Gasteiger partial charge on any atom is 0.244 e. The monoisotopic (exact) mass is 306 g/mol. The summed E-state index contributed by atoms with van der Waals surface area (Å²) in [6, 6.07) is 8.15. The minimum atomic E-state index is -0.0456. The van der Waals surface area contributed by atoms with Gasteiger partial charge in [0.2, 0.25) is 5.91 Å². The molecule has 116 valence electrons. The molecular formula is C17H26N2OS. The first-order chi connectivity index (χ1) is 9.82. The van der Waals surface area contributed by atoms with Crippen molar-refractivity contribution in [1.29, 1.82) is 0 Å². The van der Waals surface area contributed by atoms with Crippen LogP contribution < -0.4 is 5.32 Å². The predicted molar refractivity (Wildman–Crippen MR) is 92.6 cm³/mol. The van der Waals surface area contributed by atoms with Crippen LogP contribution in [0.1, 0.15) is 19.4 Å². The number of nitrogens with one attached hydrogen (secondary N) is 1. The Morgan fingerprint density at radius 3 is 2.43 bits per heavy atom. The maximum atomic E-state index is 11.9. The van der Waals surface area contributed by atoms with Gasteiger partial charge in [0.25, 0.3) is 0 Å². The zero-order valence-electron chi connectivity index (χ0n) is 13.6. The number of thioether (sulfide) groups is 1. The van der Waals surface area contributed by atoms with E-state index in [9.17, 15) is 4.79 Å². The van der Waals surface area contributed by atoms with Crippen molar-refractivity contribution in [3.63, 3.8) is 0 Å². The topological polar surface area (TPSA) is 32.3 Å². The Hall–Kier alpha value is -1.26. The fraction of sp³-hybridized carbons (Fsp3) is 0.471. The van der Waals surface area contributed by atoms with Crippen molar-refractivity contribution >= 4 is 23.7 Å². The molecule has 1 rings (SSSR count). The number of amides is 1. The van der Waals surface area contributed by atoms with E-state index in [-0.39, 0.29) is 11.3 Å². The van der Waals surface area contributed by atoms with Crippen molar-refractivity contribution in [3.8, 4) is 0 Å². The minimum Gasteiger partial charge on any atom is -0.352 e. The van der Waals surface area contributed by atoms with Crippen LogP contribution in [0.5, 0.6) is 0 Å². The lowest BCUT2D eigenvalue weighted by atomic mass is 9.93. The largest absolute Gasteiger partial charge is 0.352 e. The molecule has 0 aliphatic heterocycles. The average molecular weight is 306 g/mol. The molecule has 0 atom stereocenters. The zero-order chi connectivity index (χ0) is 15.9. The van der Waals surface area contributed by atoms with Crippen molar-refractivity contribution in [3.05, 3.63) is 35.9 Å². The van der Waals surface area contributed by atoms with Crippen LogP contribution in [0, 0.1) is 5.41 Å². The van der Waals surface area contributed by atoms with E-state index < -0.39 is 0 Å². The van der Waals surface area contributed by atoms with Gasteiger partial charge in [-0.2, -0.15) is 0 Å². The Balaban J connectivity index is 2.47. The third kappa shape index (κ3) is 7.34.